The van der Waals surface area contributed by atoms with E-state index in [0.717, 1.165) is 6.42 Å². The van der Waals surface area contributed by atoms with Crippen LogP contribution >= 0.6 is 0 Å². The lowest BCUT2D eigenvalue weighted by Crippen LogP contribution is -2.38. The Balaban J connectivity index is 1.53. The highest BCUT2D eigenvalue weighted by atomic mass is 16.1. The van der Waals surface area contributed by atoms with Gasteiger partial charge in [-0.1, -0.05) is 18.2 Å². The van der Waals surface area contributed by atoms with Crippen molar-refractivity contribution < 1.29 is 4.79 Å². The quantitative estimate of drug-likeness (QED) is 0.737. The van der Waals surface area contributed by atoms with Gasteiger partial charge in [0.05, 0.1) is 11.4 Å². The normalized spacial score (nSPS) is 16.2. The molecule has 4 rings (SSSR count). The molecule has 1 aromatic carbocycles. The number of carbonyl (C=O) groups is 1. The van der Waals surface area contributed by atoms with Gasteiger partial charge in [-0.3, -0.25) is 14.2 Å². The van der Waals surface area contributed by atoms with Gasteiger partial charge in [-0.2, -0.15) is 0 Å². The standard InChI is InChI=1S/C20H20N6O2/c1-25-18(27)11-17(16-7-9-21-13-22-16)24-20(25)26-10-8-15(12-26)23-19(28)14-5-3-2-4-6-14/h2-7,9,11,13,15H,8,10,12H2,1H3,(H,23,28)/t15-/m0/s1. The summed E-state index contributed by atoms with van der Waals surface area (Å²) in [4.78, 5) is 39.5. The van der Waals surface area contributed by atoms with Gasteiger partial charge in [-0.25, -0.2) is 15.0 Å². The van der Waals surface area contributed by atoms with Gasteiger partial charge in [-0.05, 0) is 24.6 Å². The molecule has 0 bridgehead atoms. The van der Waals surface area contributed by atoms with Gasteiger partial charge in [0.1, 0.15) is 6.33 Å². The van der Waals surface area contributed by atoms with E-state index in [1.165, 1.54) is 17.0 Å². The lowest BCUT2D eigenvalue weighted by atomic mass is 10.2. The third-order valence-corrected chi connectivity index (χ3v) is 4.80. The molecule has 8 heteroatoms. The molecular formula is C20H20N6O2. The lowest BCUT2D eigenvalue weighted by molar-refractivity contribution is 0.0940. The van der Waals surface area contributed by atoms with Crippen LogP contribution in [0.15, 0.2) is 59.8 Å². The largest absolute Gasteiger partial charge is 0.347 e. The van der Waals surface area contributed by atoms with Crippen molar-refractivity contribution in [3.05, 3.63) is 70.9 Å². The fraction of sp³-hybridized carbons (Fsp3) is 0.250. The highest BCUT2D eigenvalue weighted by molar-refractivity contribution is 5.94. The SMILES string of the molecule is Cn1c(N2CC[C@H](NC(=O)c3ccccc3)C2)nc(-c2ccncn2)cc1=O. The minimum Gasteiger partial charge on any atom is -0.347 e. The lowest BCUT2D eigenvalue weighted by Gasteiger charge is -2.21. The van der Waals surface area contributed by atoms with Gasteiger partial charge in [0.15, 0.2) is 0 Å². The molecule has 0 radical (unpaired) electrons. The molecule has 0 aliphatic carbocycles. The van der Waals surface area contributed by atoms with Gasteiger partial charge >= 0.3 is 0 Å². The Kier molecular flexibility index (Phi) is 4.84. The predicted molar refractivity (Wildman–Crippen MR) is 105 cm³/mol. The second-order valence-corrected chi connectivity index (χ2v) is 6.70. The van der Waals surface area contributed by atoms with Crippen LogP contribution in [-0.4, -0.2) is 44.6 Å². The molecule has 0 unspecified atom stereocenters. The molecule has 1 aliphatic heterocycles. The monoisotopic (exact) mass is 376 g/mol. The number of carbonyl (C=O) groups excluding carboxylic acids is 1. The minimum atomic E-state index is -0.157. The zero-order valence-electron chi connectivity index (χ0n) is 15.4. The average Bonchev–Trinajstić information content (AvgIpc) is 3.19. The molecule has 1 aliphatic rings. The molecule has 1 saturated heterocycles. The van der Waals surface area contributed by atoms with Crippen LogP contribution < -0.4 is 15.8 Å². The molecule has 28 heavy (non-hydrogen) atoms. The Morgan fingerprint density at radius 3 is 2.75 bits per heavy atom. The summed E-state index contributed by atoms with van der Waals surface area (Å²) >= 11 is 0. The Morgan fingerprint density at radius 2 is 2.00 bits per heavy atom. The van der Waals surface area contributed by atoms with Crippen LogP contribution in [0.2, 0.25) is 0 Å². The molecule has 1 atom stereocenters. The van der Waals surface area contributed by atoms with E-state index in [1.54, 1.807) is 31.4 Å². The van der Waals surface area contributed by atoms with Crippen molar-refractivity contribution in [2.75, 3.05) is 18.0 Å². The maximum atomic E-state index is 12.4. The molecule has 8 nitrogen and oxygen atoms in total. The first kappa shape index (κ1) is 17.8. The molecule has 0 spiro atoms. The number of hydrogen-bond acceptors (Lipinski definition) is 6. The third kappa shape index (κ3) is 3.62. The molecule has 142 valence electrons. The first-order valence-electron chi connectivity index (χ1n) is 9.07. The van der Waals surface area contributed by atoms with E-state index in [2.05, 4.69) is 20.3 Å². The predicted octanol–water partition coefficient (Wildman–Crippen LogP) is 1.25. The molecular weight excluding hydrogens is 356 g/mol. The van der Waals surface area contributed by atoms with Crippen LogP contribution in [0.25, 0.3) is 11.4 Å². The molecule has 3 heterocycles. The molecule has 2 aromatic heterocycles. The summed E-state index contributed by atoms with van der Waals surface area (Å²) in [6, 6.07) is 12.3. The van der Waals surface area contributed by atoms with Crippen LogP contribution in [0.4, 0.5) is 5.95 Å². The molecule has 0 saturated carbocycles. The van der Waals surface area contributed by atoms with E-state index in [9.17, 15) is 9.59 Å². The average molecular weight is 376 g/mol. The van der Waals surface area contributed by atoms with Crippen LogP contribution in [0.5, 0.6) is 0 Å². The fourth-order valence-corrected chi connectivity index (χ4v) is 3.30. The second-order valence-electron chi connectivity index (χ2n) is 6.70. The summed E-state index contributed by atoms with van der Waals surface area (Å²) < 4.78 is 1.52. The smallest absolute Gasteiger partial charge is 0.255 e. The van der Waals surface area contributed by atoms with Crippen molar-refractivity contribution >= 4 is 11.9 Å². The van der Waals surface area contributed by atoms with Gasteiger partial charge < -0.3 is 10.2 Å². The molecule has 1 amide bonds. The number of rotatable bonds is 4. The summed E-state index contributed by atoms with van der Waals surface area (Å²) in [6.45, 7) is 1.29. The maximum Gasteiger partial charge on any atom is 0.255 e. The van der Waals surface area contributed by atoms with E-state index in [0.29, 0.717) is 36.0 Å². The van der Waals surface area contributed by atoms with E-state index in [4.69, 9.17) is 0 Å². The third-order valence-electron chi connectivity index (χ3n) is 4.80. The van der Waals surface area contributed by atoms with Crippen LogP contribution in [-0.2, 0) is 7.05 Å². The van der Waals surface area contributed by atoms with Crippen molar-refractivity contribution in [2.45, 2.75) is 12.5 Å². The van der Waals surface area contributed by atoms with Gasteiger partial charge in [0, 0.05) is 44.0 Å². The van der Waals surface area contributed by atoms with Crippen molar-refractivity contribution in [1.82, 2.24) is 24.8 Å². The number of hydrogen-bond donors (Lipinski definition) is 1. The topological polar surface area (TPSA) is 93.0 Å². The van der Waals surface area contributed by atoms with Crippen molar-refractivity contribution in [3.63, 3.8) is 0 Å². The van der Waals surface area contributed by atoms with Crippen LogP contribution in [0, 0.1) is 0 Å². The van der Waals surface area contributed by atoms with Crippen LogP contribution in [0.3, 0.4) is 0 Å². The molecule has 1 fully saturated rings. The summed E-state index contributed by atoms with van der Waals surface area (Å²) in [7, 11) is 1.70. The maximum absolute atomic E-state index is 12.4. The van der Waals surface area contributed by atoms with Gasteiger partial charge in [0.25, 0.3) is 11.5 Å². The summed E-state index contributed by atoms with van der Waals surface area (Å²) in [5.41, 5.74) is 1.59. The Labute approximate surface area is 161 Å². The number of nitrogens with zero attached hydrogens (tertiary/aromatic N) is 5. The Morgan fingerprint density at radius 1 is 1.18 bits per heavy atom. The van der Waals surface area contributed by atoms with E-state index in [-0.39, 0.29) is 17.5 Å². The zero-order valence-corrected chi connectivity index (χ0v) is 15.4. The van der Waals surface area contributed by atoms with E-state index in [1.807, 2.05) is 23.1 Å². The number of anilines is 1. The van der Waals surface area contributed by atoms with Crippen molar-refractivity contribution in [3.8, 4) is 11.4 Å². The first-order chi connectivity index (χ1) is 13.6. The van der Waals surface area contributed by atoms with Crippen molar-refractivity contribution in [1.29, 1.82) is 0 Å². The number of nitrogens with one attached hydrogen (secondary N) is 1. The summed E-state index contributed by atoms with van der Waals surface area (Å²) in [5, 5.41) is 3.06. The van der Waals surface area contributed by atoms with Crippen LogP contribution in [0.1, 0.15) is 16.8 Å². The van der Waals surface area contributed by atoms with E-state index < -0.39 is 0 Å². The first-order valence-corrected chi connectivity index (χ1v) is 9.07. The Hall–Kier alpha value is -3.55. The fourth-order valence-electron chi connectivity index (χ4n) is 3.30. The van der Waals surface area contributed by atoms with E-state index >= 15 is 0 Å². The summed E-state index contributed by atoms with van der Waals surface area (Å²) in [6.07, 6.45) is 3.83. The number of benzene rings is 1. The molecule has 1 N–H and O–H groups in total. The Bertz CT molecular complexity index is 1040. The zero-order chi connectivity index (χ0) is 19.5. The highest BCUT2D eigenvalue weighted by Crippen LogP contribution is 2.20. The number of aromatic nitrogens is 4. The summed E-state index contributed by atoms with van der Waals surface area (Å²) in [5.74, 6) is 0.474. The number of amides is 1. The molecule has 3 aromatic rings. The second kappa shape index (κ2) is 7.59. The minimum absolute atomic E-state index is 0.00712. The van der Waals surface area contributed by atoms with Crippen molar-refractivity contribution in [2.24, 2.45) is 7.05 Å². The highest BCUT2D eigenvalue weighted by Gasteiger charge is 2.27. The van der Waals surface area contributed by atoms with Gasteiger partial charge in [0.2, 0.25) is 5.95 Å². The van der Waals surface area contributed by atoms with Gasteiger partial charge in [-0.15, -0.1) is 0 Å².